The maximum Gasteiger partial charge on any atom is 0.336 e. The Morgan fingerprint density at radius 3 is 2.77 bits per heavy atom. The van der Waals surface area contributed by atoms with Gasteiger partial charge in [-0.2, -0.15) is 0 Å². The smallest absolute Gasteiger partial charge is 0.336 e. The summed E-state index contributed by atoms with van der Waals surface area (Å²) in [6, 6.07) is 5.68. The molecular formula is C17H22N2O2S. The van der Waals surface area contributed by atoms with E-state index in [4.69, 9.17) is 4.42 Å². The Morgan fingerprint density at radius 2 is 2.09 bits per heavy atom. The normalized spacial score (nSPS) is 11.9. The molecular weight excluding hydrogens is 296 g/mol. The SMILES string of the molecule is CCN=C(NCC)SCc1cc(=O)oc2c(C)c(C)ccc12. The molecule has 1 aromatic heterocycles. The van der Waals surface area contributed by atoms with Gasteiger partial charge in [-0.05, 0) is 44.4 Å². The summed E-state index contributed by atoms with van der Waals surface area (Å²) in [4.78, 5) is 16.3. The summed E-state index contributed by atoms with van der Waals surface area (Å²) in [5.41, 5.74) is 3.53. The monoisotopic (exact) mass is 318 g/mol. The zero-order valence-electron chi connectivity index (χ0n) is 13.5. The van der Waals surface area contributed by atoms with Crippen molar-refractivity contribution in [1.82, 2.24) is 5.32 Å². The standard InChI is InChI=1S/C17H22N2O2S/c1-5-18-17(19-6-2)22-10-13-9-15(20)21-16-12(4)11(3)7-8-14(13)16/h7-9H,5-6,10H2,1-4H3,(H,18,19). The number of hydrogen-bond acceptors (Lipinski definition) is 4. The Bertz CT molecular complexity index is 750. The van der Waals surface area contributed by atoms with Crippen LogP contribution in [0.15, 0.2) is 32.4 Å². The van der Waals surface area contributed by atoms with E-state index in [0.717, 1.165) is 40.3 Å². The number of nitrogens with one attached hydrogen (secondary N) is 1. The summed E-state index contributed by atoms with van der Waals surface area (Å²) in [5, 5.41) is 5.16. The molecule has 0 aliphatic carbocycles. The summed E-state index contributed by atoms with van der Waals surface area (Å²) >= 11 is 1.62. The third-order valence-corrected chi connectivity index (χ3v) is 4.51. The first-order valence-electron chi connectivity index (χ1n) is 7.50. The molecule has 0 spiro atoms. The minimum atomic E-state index is -0.297. The Kier molecular flexibility index (Phi) is 5.66. The molecule has 0 saturated heterocycles. The van der Waals surface area contributed by atoms with Crippen molar-refractivity contribution in [3.05, 3.63) is 45.3 Å². The number of thioether (sulfide) groups is 1. The van der Waals surface area contributed by atoms with Gasteiger partial charge in [0.2, 0.25) is 0 Å². The number of amidine groups is 1. The van der Waals surface area contributed by atoms with Crippen molar-refractivity contribution in [2.75, 3.05) is 13.1 Å². The predicted molar refractivity (Wildman–Crippen MR) is 94.9 cm³/mol. The van der Waals surface area contributed by atoms with Gasteiger partial charge in [-0.15, -0.1) is 0 Å². The van der Waals surface area contributed by atoms with E-state index in [1.807, 2.05) is 33.8 Å². The summed E-state index contributed by atoms with van der Waals surface area (Å²) < 4.78 is 5.41. The lowest BCUT2D eigenvalue weighted by Gasteiger charge is -2.10. The first kappa shape index (κ1) is 16.6. The van der Waals surface area contributed by atoms with Crippen LogP contribution in [0.1, 0.15) is 30.5 Å². The van der Waals surface area contributed by atoms with Gasteiger partial charge in [0.15, 0.2) is 5.17 Å². The van der Waals surface area contributed by atoms with Crippen LogP contribution in [0.3, 0.4) is 0 Å². The van der Waals surface area contributed by atoms with Crippen molar-refractivity contribution in [3.8, 4) is 0 Å². The summed E-state index contributed by atoms with van der Waals surface area (Å²) in [7, 11) is 0. The Balaban J connectivity index is 2.37. The first-order valence-corrected chi connectivity index (χ1v) is 8.49. The molecule has 2 aromatic rings. The molecule has 118 valence electrons. The van der Waals surface area contributed by atoms with Gasteiger partial charge in [-0.1, -0.05) is 23.9 Å². The second kappa shape index (κ2) is 7.49. The number of nitrogens with zero attached hydrogens (tertiary/aromatic N) is 1. The van der Waals surface area contributed by atoms with Gasteiger partial charge in [0.25, 0.3) is 0 Å². The fraction of sp³-hybridized carbons (Fsp3) is 0.412. The maximum absolute atomic E-state index is 11.8. The first-order chi connectivity index (χ1) is 10.6. The van der Waals surface area contributed by atoms with Crippen LogP contribution in [0.2, 0.25) is 0 Å². The Hall–Kier alpha value is -1.75. The molecule has 0 bridgehead atoms. The van der Waals surface area contributed by atoms with Crippen LogP contribution in [-0.2, 0) is 5.75 Å². The molecule has 0 aliphatic rings. The van der Waals surface area contributed by atoms with Gasteiger partial charge in [0, 0.05) is 30.3 Å². The maximum atomic E-state index is 11.8. The molecule has 0 saturated carbocycles. The molecule has 1 N–H and O–H groups in total. The molecule has 0 radical (unpaired) electrons. The van der Waals surface area contributed by atoms with Crippen LogP contribution in [0.4, 0.5) is 0 Å². The Labute approximate surface area is 135 Å². The summed E-state index contributed by atoms with van der Waals surface area (Å²) in [6.07, 6.45) is 0. The molecule has 0 amide bonds. The van der Waals surface area contributed by atoms with E-state index >= 15 is 0 Å². The fourth-order valence-corrected chi connectivity index (χ4v) is 3.24. The van der Waals surface area contributed by atoms with Crippen molar-refractivity contribution in [2.24, 2.45) is 4.99 Å². The van der Waals surface area contributed by atoms with Crippen LogP contribution in [0, 0.1) is 13.8 Å². The number of hydrogen-bond donors (Lipinski definition) is 1. The van der Waals surface area contributed by atoms with Gasteiger partial charge < -0.3 is 9.73 Å². The van der Waals surface area contributed by atoms with Gasteiger partial charge in [0.05, 0.1) is 0 Å². The topological polar surface area (TPSA) is 54.6 Å². The highest BCUT2D eigenvalue weighted by Gasteiger charge is 2.10. The van der Waals surface area contributed by atoms with E-state index in [1.165, 1.54) is 0 Å². The number of rotatable bonds is 4. The minimum absolute atomic E-state index is 0.297. The van der Waals surface area contributed by atoms with Crippen molar-refractivity contribution >= 4 is 27.9 Å². The van der Waals surface area contributed by atoms with Crippen LogP contribution in [0.25, 0.3) is 11.0 Å². The lowest BCUT2D eigenvalue weighted by Crippen LogP contribution is -2.20. The second-order valence-electron chi connectivity index (χ2n) is 5.07. The van der Waals surface area contributed by atoms with Crippen molar-refractivity contribution < 1.29 is 4.42 Å². The quantitative estimate of drug-likeness (QED) is 0.531. The van der Waals surface area contributed by atoms with Gasteiger partial charge in [-0.3, -0.25) is 4.99 Å². The zero-order valence-corrected chi connectivity index (χ0v) is 14.3. The van der Waals surface area contributed by atoms with E-state index in [1.54, 1.807) is 17.8 Å². The highest BCUT2D eigenvalue weighted by molar-refractivity contribution is 8.13. The van der Waals surface area contributed by atoms with Crippen molar-refractivity contribution in [2.45, 2.75) is 33.4 Å². The summed E-state index contributed by atoms with van der Waals surface area (Å²) in [5.74, 6) is 0.691. The van der Waals surface area contributed by atoms with Gasteiger partial charge in [-0.25, -0.2) is 4.79 Å². The van der Waals surface area contributed by atoms with Gasteiger partial charge in [0.1, 0.15) is 5.58 Å². The molecule has 0 aliphatic heterocycles. The lowest BCUT2D eigenvalue weighted by atomic mass is 10.0. The van der Waals surface area contributed by atoms with Crippen molar-refractivity contribution in [1.29, 1.82) is 0 Å². The highest BCUT2D eigenvalue weighted by Crippen LogP contribution is 2.25. The third kappa shape index (κ3) is 3.71. The molecule has 1 heterocycles. The number of aryl methyl sites for hydroxylation is 2. The van der Waals surface area contributed by atoms with Crippen LogP contribution < -0.4 is 10.9 Å². The minimum Gasteiger partial charge on any atom is -0.422 e. The van der Waals surface area contributed by atoms with E-state index < -0.39 is 0 Å². The van der Waals surface area contributed by atoms with Crippen molar-refractivity contribution in [3.63, 3.8) is 0 Å². The molecule has 1 aromatic carbocycles. The Morgan fingerprint density at radius 1 is 1.32 bits per heavy atom. The molecule has 0 fully saturated rings. The number of aliphatic imine (C=N–C) groups is 1. The predicted octanol–water partition coefficient (Wildman–Crippen LogP) is 3.63. The number of fused-ring (bicyclic) bond motifs is 1. The second-order valence-corrected chi connectivity index (χ2v) is 6.04. The third-order valence-electron chi connectivity index (χ3n) is 3.51. The zero-order chi connectivity index (χ0) is 16.1. The molecule has 4 nitrogen and oxygen atoms in total. The molecule has 5 heteroatoms. The van der Waals surface area contributed by atoms with E-state index in [-0.39, 0.29) is 5.63 Å². The number of benzene rings is 1. The molecule has 2 rings (SSSR count). The van der Waals surface area contributed by atoms with Gasteiger partial charge >= 0.3 is 5.63 Å². The lowest BCUT2D eigenvalue weighted by molar-refractivity contribution is 0.557. The molecule has 0 unspecified atom stereocenters. The largest absolute Gasteiger partial charge is 0.422 e. The van der Waals surface area contributed by atoms with E-state index in [2.05, 4.69) is 16.4 Å². The highest BCUT2D eigenvalue weighted by atomic mass is 32.2. The summed E-state index contributed by atoms with van der Waals surface area (Å²) in [6.45, 7) is 9.64. The fourth-order valence-electron chi connectivity index (χ4n) is 2.24. The van der Waals surface area contributed by atoms with Crippen LogP contribution in [0.5, 0.6) is 0 Å². The average molecular weight is 318 g/mol. The average Bonchev–Trinajstić information content (AvgIpc) is 2.49. The van der Waals surface area contributed by atoms with Crippen LogP contribution >= 0.6 is 11.8 Å². The molecule has 0 atom stereocenters. The van der Waals surface area contributed by atoms with Crippen LogP contribution in [-0.4, -0.2) is 18.3 Å². The van der Waals surface area contributed by atoms with E-state index in [0.29, 0.717) is 11.3 Å². The van der Waals surface area contributed by atoms with E-state index in [9.17, 15) is 4.79 Å². The molecule has 22 heavy (non-hydrogen) atoms.